The van der Waals surface area contributed by atoms with Gasteiger partial charge in [0.05, 0.1) is 36.3 Å². The predicted molar refractivity (Wildman–Crippen MR) is 121 cm³/mol. The van der Waals surface area contributed by atoms with Crippen LogP contribution < -0.4 is 20.3 Å². The first-order valence-corrected chi connectivity index (χ1v) is 10.5. The molecule has 0 unspecified atom stereocenters. The van der Waals surface area contributed by atoms with Crippen LogP contribution in [0.5, 0.6) is 6.01 Å². The lowest BCUT2D eigenvalue weighted by atomic mass is 10.0. The summed E-state index contributed by atoms with van der Waals surface area (Å²) in [5, 5.41) is 11.5. The van der Waals surface area contributed by atoms with Gasteiger partial charge in [-0.15, -0.1) is 0 Å². The Labute approximate surface area is 184 Å². The lowest BCUT2D eigenvalue weighted by Crippen LogP contribution is -2.54. The summed E-state index contributed by atoms with van der Waals surface area (Å²) in [6.45, 7) is 6.04. The number of piperazine rings is 1. The molecule has 2 atom stereocenters. The highest BCUT2D eigenvalue weighted by Crippen LogP contribution is 2.31. The number of anilines is 2. The number of hydrogen-bond donors (Lipinski definition) is 2. The standard InChI is InChI=1S/C22H24N8O2/c1-13-11-29(12-14(2)26-13)18-5-4-15(20-16(18)8-24-22(28-20)32-3)21(31)27-17-9-25-30-7-6-23-10-19(17)30/h4-10,13-14,26H,11-12H2,1-3H3,(H,27,31)/t13-,14-/m0/s1. The van der Waals surface area contributed by atoms with E-state index in [4.69, 9.17) is 4.74 Å². The third-order valence-electron chi connectivity index (χ3n) is 5.60. The van der Waals surface area contributed by atoms with E-state index in [2.05, 4.69) is 49.4 Å². The molecule has 4 heterocycles. The van der Waals surface area contributed by atoms with Crippen LogP contribution in [0.1, 0.15) is 24.2 Å². The molecule has 164 valence electrons. The molecule has 2 N–H and O–H groups in total. The largest absolute Gasteiger partial charge is 0.467 e. The minimum Gasteiger partial charge on any atom is -0.467 e. The van der Waals surface area contributed by atoms with Gasteiger partial charge in [0.1, 0.15) is 5.52 Å². The molecule has 1 amide bonds. The number of methoxy groups -OCH3 is 1. The van der Waals surface area contributed by atoms with Crippen molar-refractivity contribution < 1.29 is 9.53 Å². The van der Waals surface area contributed by atoms with E-state index >= 15 is 0 Å². The summed E-state index contributed by atoms with van der Waals surface area (Å²) in [7, 11) is 1.51. The van der Waals surface area contributed by atoms with Crippen LogP contribution in [0.4, 0.5) is 11.4 Å². The van der Waals surface area contributed by atoms with Gasteiger partial charge in [-0.2, -0.15) is 10.1 Å². The zero-order valence-electron chi connectivity index (χ0n) is 18.1. The maximum atomic E-state index is 13.3. The molecule has 4 aromatic rings. The molecule has 10 heteroatoms. The van der Waals surface area contributed by atoms with Gasteiger partial charge < -0.3 is 20.3 Å². The Morgan fingerprint density at radius 3 is 2.78 bits per heavy atom. The van der Waals surface area contributed by atoms with Gasteiger partial charge in [0.25, 0.3) is 5.91 Å². The lowest BCUT2D eigenvalue weighted by molar-refractivity contribution is 0.102. The first kappa shape index (κ1) is 20.1. The van der Waals surface area contributed by atoms with E-state index < -0.39 is 0 Å². The lowest BCUT2D eigenvalue weighted by Gasteiger charge is -2.38. The number of rotatable bonds is 4. The van der Waals surface area contributed by atoms with Crippen LogP contribution >= 0.6 is 0 Å². The highest BCUT2D eigenvalue weighted by molar-refractivity contribution is 6.14. The van der Waals surface area contributed by atoms with Gasteiger partial charge in [-0.3, -0.25) is 9.78 Å². The van der Waals surface area contributed by atoms with Crippen molar-refractivity contribution in [1.82, 2.24) is 29.9 Å². The minimum atomic E-state index is -0.289. The number of amides is 1. The number of nitrogens with one attached hydrogen (secondary N) is 2. The second kappa shape index (κ2) is 8.04. The van der Waals surface area contributed by atoms with Crippen molar-refractivity contribution in [3.63, 3.8) is 0 Å². The molecule has 5 rings (SSSR count). The molecule has 10 nitrogen and oxygen atoms in total. The van der Waals surface area contributed by atoms with Gasteiger partial charge in [0.15, 0.2) is 0 Å². The zero-order valence-corrected chi connectivity index (χ0v) is 18.1. The number of nitrogens with zero attached hydrogens (tertiary/aromatic N) is 6. The van der Waals surface area contributed by atoms with E-state index in [0.29, 0.717) is 34.4 Å². The fraction of sp³-hybridized carbons (Fsp3) is 0.318. The van der Waals surface area contributed by atoms with E-state index in [9.17, 15) is 4.79 Å². The summed E-state index contributed by atoms with van der Waals surface area (Å²) >= 11 is 0. The molecule has 1 aromatic carbocycles. The third-order valence-corrected chi connectivity index (χ3v) is 5.60. The molecule has 0 saturated carbocycles. The average molecular weight is 432 g/mol. The molecule has 32 heavy (non-hydrogen) atoms. The van der Waals surface area contributed by atoms with Crippen LogP contribution in [0.3, 0.4) is 0 Å². The molecule has 1 fully saturated rings. The Morgan fingerprint density at radius 1 is 1.19 bits per heavy atom. The molecule has 1 aliphatic heterocycles. The Morgan fingerprint density at radius 2 is 2.00 bits per heavy atom. The van der Waals surface area contributed by atoms with Crippen molar-refractivity contribution in [3.8, 4) is 6.01 Å². The quantitative estimate of drug-likeness (QED) is 0.505. The molecule has 1 saturated heterocycles. The number of fused-ring (bicyclic) bond motifs is 2. The van der Waals surface area contributed by atoms with Crippen LogP contribution in [-0.2, 0) is 0 Å². The summed E-state index contributed by atoms with van der Waals surface area (Å²) in [6.07, 6.45) is 8.35. The first-order valence-electron chi connectivity index (χ1n) is 10.5. The van der Waals surface area contributed by atoms with Crippen molar-refractivity contribution >= 4 is 33.7 Å². The zero-order chi connectivity index (χ0) is 22.2. The van der Waals surface area contributed by atoms with Crippen LogP contribution in [0, 0.1) is 0 Å². The normalized spacial score (nSPS) is 18.8. The Hall–Kier alpha value is -3.79. The number of hydrogen-bond acceptors (Lipinski definition) is 8. The van der Waals surface area contributed by atoms with E-state index in [1.807, 2.05) is 6.07 Å². The fourth-order valence-corrected chi connectivity index (χ4v) is 4.29. The van der Waals surface area contributed by atoms with Crippen LogP contribution in [0.15, 0.2) is 43.1 Å². The van der Waals surface area contributed by atoms with E-state index in [1.54, 1.807) is 41.6 Å². The van der Waals surface area contributed by atoms with Crippen LogP contribution in [0.25, 0.3) is 16.4 Å². The summed E-state index contributed by atoms with van der Waals surface area (Å²) < 4.78 is 6.90. The predicted octanol–water partition coefficient (Wildman–Crippen LogP) is 2.12. The summed E-state index contributed by atoms with van der Waals surface area (Å²) in [4.78, 5) is 28.5. The van der Waals surface area contributed by atoms with Crippen molar-refractivity contribution in [3.05, 3.63) is 48.7 Å². The van der Waals surface area contributed by atoms with Gasteiger partial charge in [0, 0.05) is 54.8 Å². The van der Waals surface area contributed by atoms with Gasteiger partial charge >= 0.3 is 6.01 Å². The van der Waals surface area contributed by atoms with Crippen molar-refractivity contribution in [2.45, 2.75) is 25.9 Å². The molecule has 1 aliphatic rings. The van der Waals surface area contributed by atoms with Gasteiger partial charge in [0.2, 0.25) is 0 Å². The summed E-state index contributed by atoms with van der Waals surface area (Å²) in [5.41, 5.74) is 3.26. The second-order valence-electron chi connectivity index (χ2n) is 8.04. The van der Waals surface area contributed by atoms with Crippen molar-refractivity contribution in [2.24, 2.45) is 0 Å². The second-order valence-corrected chi connectivity index (χ2v) is 8.04. The monoisotopic (exact) mass is 432 g/mol. The number of aromatic nitrogens is 5. The van der Waals surface area contributed by atoms with Crippen LogP contribution in [-0.4, -0.2) is 62.8 Å². The van der Waals surface area contributed by atoms with Crippen molar-refractivity contribution in [1.29, 1.82) is 0 Å². The molecule has 0 spiro atoms. The van der Waals surface area contributed by atoms with E-state index in [1.165, 1.54) is 7.11 Å². The van der Waals surface area contributed by atoms with Gasteiger partial charge in [-0.05, 0) is 26.0 Å². The van der Waals surface area contributed by atoms with Gasteiger partial charge in [-0.25, -0.2) is 9.50 Å². The number of carbonyl (C=O) groups is 1. The maximum absolute atomic E-state index is 13.3. The smallest absolute Gasteiger partial charge is 0.316 e. The SMILES string of the molecule is COc1ncc2c(N3C[C@H](C)N[C@@H](C)C3)ccc(C(=O)Nc3cnn4ccncc34)c2n1. The average Bonchev–Trinajstić information content (AvgIpc) is 3.20. The number of benzene rings is 1. The number of carbonyl (C=O) groups excluding carboxylic acids is 1. The Kier molecular flexibility index (Phi) is 5.06. The molecular weight excluding hydrogens is 408 g/mol. The highest BCUT2D eigenvalue weighted by atomic mass is 16.5. The molecule has 0 aliphatic carbocycles. The van der Waals surface area contributed by atoms with Gasteiger partial charge in [-0.1, -0.05) is 0 Å². The third kappa shape index (κ3) is 3.58. The molecule has 3 aromatic heterocycles. The summed E-state index contributed by atoms with van der Waals surface area (Å²) in [5.74, 6) is -0.289. The highest BCUT2D eigenvalue weighted by Gasteiger charge is 2.25. The molecule has 0 bridgehead atoms. The van der Waals surface area contributed by atoms with Crippen molar-refractivity contribution in [2.75, 3.05) is 30.4 Å². The maximum Gasteiger partial charge on any atom is 0.316 e. The van der Waals surface area contributed by atoms with E-state index in [-0.39, 0.29) is 11.9 Å². The Bertz CT molecular complexity index is 1290. The summed E-state index contributed by atoms with van der Waals surface area (Å²) in [6, 6.07) is 4.68. The minimum absolute atomic E-state index is 0.214. The first-order chi connectivity index (χ1) is 15.5. The Balaban J connectivity index is 1.56. The molecular formula is C22H24N8O2. The van der Waals surface area contributed by atoms with E-state index in [0.717, 1.165) is 24.2 Å². The fourth-order valence-electron chi connectivity index (χ4n) is 4.29. The number of ether oxygens (including phenoxy) is 1. The topological polar surface area (TPSA) is 110 Å². The molecule has 0 radical (unpaired) electrons. The van der Waals surface area contributed by atoms with Crippen LogP contribution in [0.2, 0.25) is 0 Å².